The van der Waals surface area contributed by atoms with Crippen molar-refractivity contribution in [2.75, 3.05) is 6.54 Å². The highest BCUT2D eigenvalue weighted by molar-refractivity contribution is 6.56. The molecule has 0 spiro atoms. The lowest BCUT2D eigenvalue weighted by molar-refractivity contribution is -0.114. The van der Waals surface area contributed by atoms with Gasteiger partial charge in [-0.25, -0.2) is 4.79 Å². The Hall–Kier alpha value is -1.60. The highest BCUT2D eigenvalue weighted by atomic mass is 16.7. The van der Waals surface area contributed by atoms with Crippen LogP contribution in [0.3, 0.4) is 0 Å². The lowest BCUT2D eigenvalue weighted by Gasteiger charge is -2.32. The number of hydrogen-bond acceptors (Lipinski definition) is 5. The van der Waals surface area contributed by atoms with E-state index >= 15 is 0 Å². The second-order valence-corrected chi connectivity index (χ2v) is 9.72. The van der Waals surface area contributed by atoms with Gasteiger partial charge in [0.2, 0.25) is 0 Å². The zero-order valence-corrected chi connectivity index (χ0v) is 18.5. The standard InChI is InChI=1S/C21H34BNO5/c1-14-9-10-16(24)12-15(13-23-18(25)26-19(2,3)4)17(11-14)22-27-20(5,6)21(7,8)28-22/h11-12,14H,9-10,13H2,1-8H3,(H,23,25)/b15-12-,17-11+. The van der Waals surface area contributed by atoms with Crippen molar-refractivity contribution in [3.05, 3.63) is 23.2 Å². The molecule has 1 aliphatic carbocycles. The molecule has 6 nitrogen and oxygen atoms in total. The van der Waals surface area contributed by atoms with Crippen LogP contribution in [0.2, 0.25) is 0 Å². The maximum absolute atomic E-state index is 12.4. The minimum absolute atomic E-state index is 0.0370. The number of rotatable bonds is 3. The highest BCUT2D eigenvalue weighted by Crippen LogP contribution is 2.40. The fourth-order valence-electron chi connectivity index (χ4n) is 3.05. The topological polar surface area (TPSA) is 73.9 Å². The van der Waals surface area contributed by atoms with Crippen LogP contribution in [0.5, 0.6) is 0 Å². The molecule has 0 aromatic carbocycles. The number of hydrogen-bond donors (Lipinski definition) is 1. The predicted octanol–water partition coefficient (Wildman–Crippen LogP) is 3.99. The summed E-state index contributed by atoms with van der Waals surface area (Å²) in [6.45, 7) is 15.6. The molecule has 7 heteroatoms. The van der Waals surface area contributed by atoms with Crippen molar-refractivity contribution >= 4 is 19.0 Å². The Morgan fingerprint density at radius 3 is 2.36 bits per heavy atom. The van der Waals surface area contributed by atoms with Crippen LogP contribution in [-0.4, -0.2) is 42.3 Å². The molecule has 1 atom stereocenters. The minimum Gasteiger partial charge on any atom is -0.444 e. The fourth-order valence-corrected chi connectivity index (χ4v) is 3.05. The first-order chi connectivity index (χ1) is 12.7. The molecular weight excluding hydrogens is 357 g/mol. The van der Waals surface area contributed by atoms with E-state index in [2.05, 4.69) is 18.3 Å². The van der Waals surface area contributed by atoms with Crippen LogP contribution >= 0.6 is 0 Å². The Morgan fingerprint density at radius 2 is 1.82 bits per heavy atom. The molecule has 1 unspecified atom stereocenters. The number of carbonyl (C=O) groups is 2. The molecule has 2 aliphatic rings. The minimum atomic E-state index is -0.593. The van der Waals surface area contributed by atoms with E-state index in [1.54, 1.807) is 6.08 Å². The van der Waals surface area contributed by atoms with Crippen LogP contribution in [0.15, 0.2) is 23.2 Å². The van der Waals surface area contributed by atoms with E-state index < -0.39 is 30.0 Å². The quantitative estimate of drug-likeness (QED) is 0.737. The third-order valence-corrected chi connectivity index (χ3v) is 5.35. The summed E-state index contributed by atoms with van der Waals surface area (Å²) in [6.07, 6.45) is 4.41. The van der Waals surface area contributed by atoms with Crippen LogP contribution in [0.4, 0.5) is 4.79 Å². The third kappa shape index (κ3) is 5.71. The van der Waals surface area contributed by atoms with Gasteiger partial charge in [-0.05, 0) is 77.9 Å². The molecule has 0 aromatic rings. The summed E-state index contributed by atoms with van der Waals surface area (Å²) in [5.74, 6) is 0.234. The van der Waals surface area contributed by atoms with E-state index in [9.17, 15) is 9.59 Å². The zero-order chi connectivity index (χ0) is 21.3. The van der Waals surface area contributed by atoms with Gasteiger partial charge in [0.1, 0.15) is 5.60 Å². The molecule has 0 saturated carbocycles. The summed E-state index contributed by atoms with van der Waals surface area (Å²) >= 11 is 0. The lowest BCUT2D eigenvalue weighted by atomic mass is 9.70. The molecular formula is C21H34BNO5. The number of carbonyl (C=O) groups excluding carboxylic acids is 2. The Kier molecular flexibility index (Phi) is 6.51. The Balaban J connectivity index is 2.27. The molecule has 0 radical (unpaired) electrons. The van der Waals surface area contributed by atoms with E-state index in [0.717, 1.165) is 11.9 Å². The van der Waals surface area contributed by atoms with Gasteiger partial charge in [-0.15, -0.1) is 0 Å². The van der Waals surface area contributed by atoms with Crippen molar-refractivity contribution in [3.8, 4) is 0 Å². The van der Waals surface area contributed by atoms with Crippen LogP contribution in [-0.2, 0) is 18.8 Å². The van der Waals surface area contributed by atoms with Crippen molar-refractivity contribution in [3.63, 3.8) is 0 Å². The van der Waals surface area contributed by atoms with E-state index in [1.807, 2.05) is 48.5 Å². The van der Waals surface area contributed by atoms with Crippen molar-refractivity contribution in [2.24, 2.45) is 5.92 Å². The van der Waals surface area contributed by atoms with Gasteiger partial charge >= 0.3 is 13.2 Å². The predicted molar refractivity (Wildman–Crippen MR) is 110 cm³/mol. The van der Waals surface area contributed by atoms with Crippen molar-refractivity contribution in [2.45, 2.75) is 85.0 Å². The molecule has 1 aliphatic heterocycles. The number of ether oxygens (including phenoxy) is 1. The molecule has 0 aromatic heterocycles. The number of nitrogens with one attached hydrogen (secondary N) is 1. The summed E-state index contributed by atoms with van der Waals surface area (Å²) in [5.41, 5.74) is -0.0693. The van der Waals surface area contributed by atoms with Gasteiger partial charge in [-0.3, -0.25) is 4.79 Å². The van der Waals surface area contributed by atoms with Gasteiger partial charge in [-0.2, -0.15) is 0 Å². The van der Waals surface area contributed by atoms with Gasteiger partial charge in [-0.1, -0.05) is 13.0 Å². The third-order valence-electron chi connectivity index (χ3n) is 5.35. The van der Waals surface area contributed by atoms with E-state index in [1.165, 1.54) is 0 Å². The summed E-state index contributed by atoms with van der Waals surface area (Å²) in [4.78, 5) is 24.5. The molecule has 1 heterocycles. The van der Waals surface area contributed by atoms with Crippen molar-refractivity contribution in [1.29, 1.82) is 0 Å². The first-order valence-corrected chi connectivity index (χ1v) is 9.98. The normalized spacial score (nSPS) is 28.5. The van der Waals surface area contributed by atoms with Crippen LogP contribution in [0.1, 0.15) is 68.2 Å². The average molecular weight is 391 g/mol. The molecule has 1 fully saturated rings. The van der Waals surface area contributed by atoms with Gasteiger partial charge in [0, 0.05) is 13.0 Å². The summed E-state index contributed by atoms with van der Waals surface area (Å²) in [5, 5.41) is 2.75. The van der Waals surface area contributed by atoms with Crippen LogP contribution in [0, 0.1) is 5.92 Å². The Labute approximate surface area is 169 Å². The molecule has 1 N–H and O–H groups in total. The first kappa shape index (κ1) is 22.7. The summed E-state index contributed by atoms with van der Waals surface area (Å²) in [7, 11) is -0.593. The van der Waals surface area contributed by atoms with Gasteiger partial charge in [0.15, 0.2) is 5.78 Å². The first-order valence-electron chi connectivity index (χ1n) is 9.98. The largest absolute Gasteiger partial charge is 0.494 e. The molecule has 156 valence electrons. The average Bonchev–Trinajstić information content (AvgIpc) is 2.72. The second-order valence-electron chi connectivity index (χ2n) is 9.72. The Morgan fingerprint density at radius 1 is 1.25 bits per heavy atom. The van der Waals surface area contributed by atoms with Gasteiger partial charge in [0.05, 0.1) is 11.2 Å². The summed E-state index contributed by atoms with van der Waals surface area (Å²) < 4.78 is 17.7. The molecule has 1 saturated heterocycles. The fraction of sp³-hybridized carbons (Fsp3) is 0.714. The number of ketones is 1. The zero-order valence-electron chi connectivity index (χ0n) is 18.5. The Bertz CT molecular complexity index is 671. The maximum Gasteiger partial charge on any atom is 0.494 e. The highest BCUT2D eigenvalue weighted by Gasteiger charge is 2.53. The monoisotopic (exact) mass is 391 g/mol. The molecule has 0 bridgehead atoms. The van der Waals surface area contributed by atoms with E-state index in [4.69, 9.17) is 14.0 Å². The smallest absolute Gasteiger partial charge is 0.444 e. The number of alkyl carbamates (subject to hydrolysis) is 1. The van der Waals surface area contributed by atoms with E-state index in [-0.39, 0.29) is 18.2 Å². The van der Waals surface area contributed by atoms with Crippen molar-refractivity contribution < 1.29 is 23.6 Å². The van der Waals surface area contributed by atoms with Gasteiger partial charge in [0.25, 0.3) is 0 Å². The maximum atomic E-state index is 12.4. The molecule has 1 amide bonds. The van der Waals surface area contributed by atoms with E-state index in [0.29, 0.717) is 12.0 Å². The van der Waals surface area contributed by atoms with Crippen LogP contribution in [0.25, 0.3) is 0 Å². The van der Waals surface area contributed by atoms with Crippen LogP contribution < -0.4 is 5.32 Å². The summed E-state index contributed by atoms with van der Waals surface area (Å²) in [6, 6.07) is 0. The molecule has 28 heavy (non-hydrogen) atoms. The second kappa shape index (κ2) is 8.03. The molecule has 2 rings (SSSR count). The number of amides is 1. The van der Waals surface area contributed by atoms with Crippen molar-refractivity contribution in [1.82, 2.24) is 5.32 Å². The lowest BCUT2D eigenvalue weighted by Crippen LogP contribution is -2.41. The van der Waals surface area contributed by atoms with Gasteiger partial charge < -0.3 is 19.4 Å². The SMILES string of the molecule is CC1/C=C(B2OC(C)(C)C(C)(C)O2)\C(CNC(=O)OC(C)(C)C)=C/C(=O)CC1. The number of allylic oxidation sites excluding steroid dienone is 2.